The number of H-pyrrole nitrogens is 1. The molecule has 9 nitrogen and oxygen atoms in total. The number of aromatic amines is 1. The molecular weight excluding hydrogens is 454 g/mol. The van der Waals surface area contributed by atoms with Gasteiger partial charge in [0.15, 0.2) is 6.10 Å². The van der Waals surface area contributed by atoms with Crippen LogP contribution in [0.1, 0.15) is 26.9 Å². The topological polar surface area (TPSA) is 117 Å². The van der Waals surface area contributed by atoms with Crippen molar-refractivity contribution in [1.29, 1.82) is 0 Å². The van der Waals surface area contributed by atoms with Crippen LogP contribution in [0.4, 0.5) is 8.78 Å². The first-order chi connectivity index (χ1) is 16.3. The average molecular weight is 472 g/mol. The molecule has 0 amide bonds. The Morgan fingerprint density at radius 1 is 0.941 bits per heavy atom. The van der Waals surface area contributed by atoms with Gasteiger partial charge in [0, 0.05) is 12.3 Å². The summed E-state index contributed by atoms with van der Waals surface area (Å²) in [6, 6.07) is 16.1. The Labute approximate surface area is 190 Å². The van der Waals surface area contributed by atoms with Crippen LogP contribution >= 0.6 is 0 Å². The van der Waals surface area contributed by atoms with Gasteiger partial charge in [-0.2, -0.15) is 8.78 Å². The van der Waals surface area contributed by atoms with Crippen LogP contribution in [0, 0.1) is 0 Å². The van der Waals surface area contributed by atoms with Gasteiger partial charge in [0.05, 0.1) is 11.1 Å². The van der Waals surface area contributed by atoms with E-state index < -0.39 is 54.2 Å². The van der Waals surface area contributed by atoms with Crippen molar-refractivity contribution >= 4 is 11.9 Å². The second kappa shape index (κ2) is 9.40. The predicted molar refractivity (Wildman–Crippen MR) is 113 cm³/mol. The number of ether oxygens (including phenoxy) is 3. The SMILES string of the molecule is O=C(OC[C@H]1OC(n2ccc(=O)[nH]c2=O)C(F)(F)C1OC(=O)c1ccccc1)c1ccccc1. The van der Waals surface area contributed by atoms with Crippen molar-refractivity contribution in [2.45, 2.75) is 24.4 Å². The Balaban J connectivity index is 1.62. The van der Waals surface area contributed by atoms with Crippen LogP contribution in [0.2, 0.25) is 0 Å². The molecule has 0 aliphatic carbocycles. The van der Waals surface area contributed by atoms with Gasteiger partial charge in [-0.05, 0) is 24.3 Å². The van der Waals surface area contributed by atoms with E-state index >= 15 is 8.78 Å². The summed E-state index contributed by atoms with van der Waals surface area (Å²) in [5.74, 6) is -5.77. The highest BCUT2D eigenvalue weighted by atomic mass is 19.3. The number of carbonyl (C=O) groups excluding carboxylic acids is 2. The number of esters is 2. The van der Waals surface area contributed by atoms with Gasteiger partial charge in [0.2, 0.25) is 6.23 Å². The fourth-order valence-corrected chi connectivity index (χ4v) is 3.43. The van der Waals surface area contributed by atoms with Crippen molar-refractivity contribution in [1.82, 2.24) is 9.55 Å². The number of carbonyl (C=O) groups is 2. The molecule has 1 aliphatic rings. The molecule has 0 bridgehead atoms. The third-order valence-corrected chi connectivity index (χ3v) is 5.09. The number of nitrogens with one attached hydrogen (secondary N) is 1. The molecule has 0 spiro atoms. The molecule has 0 saturated carbocycles. The highest BCUT2D eigenvalue weighted by molar-refractivity contribution is 5.90. The van der Waals surface area contributed by atoms with Gasteiger partial charge in [-0.15, -0.1) is 0 Å². The maximum atomic E-state index is 15.4. The molecule has 3 atom stereocenters. The minimum atomic E-state index is -3.92. The molecule has 1 aliphatic heterocycles. The van der Waals surface area contributed by atoms with E-state index in [2.05, 4.69) is 0 Å². The third kappa shape index (κ3) is 4.64. The zero-order valence-electron chi connectivity index (χ0n) is 17.4. The fraction of sp³-hybridized carbons (Fsp3) is 0.217. The van der Waals surface area contributed by atoms with Crippen LogP contribution in [0.25, 0.3) is 0 Å². The first-order valence-electron chi connectivity index (χ1n) is 10.1. The number of rotatable bonds is 6. The lowest BCUT2D eigenvalue weighted by Crippen LogP contribution is -2.45. The lowest BCUT2D eigenvalue weighted by atomic mass is 10.1. The molecular formula is C23H18F2N2O7. The Morgan fingerprint density at radius 2 is 1.53 bits per heavy atom. The van der Waals surface area contributed by atoms with Crippen molar-refractivity contribution < 1.29 is 32.6 Å². The van der Waals surface area contributed by atoms with E-state index in [1.165, 1.54) is 36.4 Å². The van der Waals surface area contributed by atoms with Crippen LogP contribution in [-0.2, 0) is 14.2 Å². The van der Waals surface area contributed by atoms with E-state index in [4.69, 9.17) is 14.2 Å². The van der Waals surface area contributed by atoms with Gasteiger partial charge in [-0.25, -0.2) is 14.4 Å². The molecule has 2 unspecified atom stereocenters. The second-order valence-electron chi connectivity index (χ2n) is 7.38. The summed E-state index contributed by atoms with van der Waals surface area (Å²) < 4.78 is 46.9. The summed E-state index contributed by atoms with van der Waals surface area (Å²) in [6.45, 7) is -0.690. The number of halogens is 2. The molecule has 34 heavy (non-hydrogen) atoms. The molecule has 176 valence electrons. The van der Waals surface area contributed by atoms with E-state index in [-0.39, 0.29) is 11.1 Å². The summed E-state index contributed by atoms with van der Waals surface area (Å²) in [5, 5.41) is 0. The quantitative estimate of drug-likeness (QED) is 0.547. The molecule has 0 radical (unpaired) electrons. The standard InChI is InChI=1S/C23H18F2N2O7/c24-23(25)18(34-20(30)15-9-5-2-6-10-15)16(13-32-19(29)14-7-3-1-4-8-14)33-21(23)27-12-11-17(28)26-22(27)31/h1-12,16,18,21H,13H2,(H,26,28,31)/t16-,18?,21?/m1/s1. The van der Waals surface area contributed by atoms with Crippen LogP contribution in [0.3, 0.4) is 0 Å². The first-order valence-corrected chi connectivity index (χ1v) is 10.1. The molecule has 1 N–H and O–H groups in total. The molecule has 1 saturated heterocycles. The van der Waals surface area contributed by atoms with E-state index in [1.54, 1.807) is 24.3 Å². The smallest absolute Gasteiger partial charge is 0.338 e. The Bertz CT molecular complexity index is 1290. The van der Waals surface area contributed by atoms with Crippen molar-refractivity contribution in [2.75, 3.05) is 6.61 Å². The van der Waals surface area contributed by atoms with E-state index in [1.807, 2.05) is 4.98 Å². The van der Waals surface area contributed by atoms with Crippen LogP contribution < -0.4 is 11.2 Å². The van der Waals surface area contributed by atoms with Gasteiger partial charge in [0.1, 0.15) is 12.7 Å². The van der Waals surface area contributed by atoms with Gasteiger partial charge in [-0.1, -0.05) is 36.4 Å². The molecule has 11 heteroatoms. The fourth-order valence-electron chi connectivity index (χ4n) is 3.43. The summed E-state index contributed by atoms with van der Waals surface area (Å²) in [6.07, 6.45) is -5.20. The van der Waals surface area contributed by atoms with Gasteiger partial charge < -0.3 is 14.2 Å². The zero-order chi connectivity index (χ0) is 24.3. The van der Waals surface area contributed by atoms with Crippen molar-refractivity contribution in [3.63, 3.8) is 0 Å². The highest BCUT2D eigenvalue weighted by Crippen LogP contribution is 2.44. The van der Waals surface area contributed by atoms with Crippen molar-refractivity contribution in [2.24, 2.45) is 0 Å². The maximum absolute atomic E-state index is 15.4. The average Bonchev–Trinajstić information content (AvgIpc) is 3.08. The Hall–Kier alpha value is -4.12. The number of hydrogen-bond donors (Lipinski definition) is 1. The first kappa shape index (κ1) is 23.1. The minimum absolute atomic E-state index is 0.0167. The molecule has 3 aromatic rings. The molecule has 1 fully saturated rings. The number of alkyl halides is 2. The summed E-state index contributed by atoms with van der Waals surface area (Å²) in [5.41, 5.74) is -1.74. The summed E-state index contributed by atoms with van der Waals surface area (Å²) >= 11 is 0. The lowest BCUT2D eigenvalue weighted by molar-refractivity contribution is -0.142. The number of aromatic nitrogens is 2. The number of benzene rings is 2. The lowest BCUT2D eigenvalue weighted by Gasteiger charge is -2.24. The Morgan fingerprint density at radius 3 is 2.12 bits per heavy atom. The van der Waals surface area contributed by atoms with E-state index in [9.17, 15) is 19.2 Å². The van der Waals surface area contributed by atoms with Crippen LogP contribution in [0.15, 0.2) is 82.5 Å². The number of hydrogen-bond acceptors (Lipinski definition) is 7. The molecule has 1 aromatic heterocycles. The summed E-state index contributed by atoms with van der Waals surface area (Å²) in [7, 11) is 0. The van der Waals surface area contributed by atoms with Crippen LogP contribution in [0.5, 0.6) is 0 Å². The van der Waals surface area contributed by atoms with E-state index in [0.717, 1.165) is 12.3 Å². The van der Waals surface area contributed by atoms with Gasteiger partial charge >= 0.3 is 23.6 Å². The number of nitrogens with zero attached hydrogens (tertiary/aromatic N) is 1. The van der Waals surface area contributed by atoms with Crippen LogP contribution in [-0.4, -0.2) is 46.2 Å². The maximum Gasteiger partial charge on any atom is 0.338 e. The second-order valence-corrected chi connectivity index (χ2v) is 7.38. The Kier molecular flexibility index (Phi) is 6.37. The van der Waals surface area contributed by atoms with Gasteiger partial charge in [-0.3, -0.25) is 14.3 Å². The normalized spacial score (nSPS) is 21.1. The summed E-state index contributed by atoms with van der Waals surface area (Å²) in [4.78, 5) is 50.1. The third-order valence-electron chi connectivity index (χ3n) is 5.09. The van der Waals surface area contributed by atoms with Gasteiger partial charge in [0.25, 0.3) is 5.56 Å². The monoisotopic (exact) mass is 472 g/mol. The predicted octanol–water partition coefficient (Wildman–Crippen LogP) is 2.15. The largest absolute Gasteiger partial charge is 0.459 e. The van der Waals surface area contributed by atoms with E-state index in [0.29, 0.717) is 4.57 Å². The molecule has 4 rings (SSSR count). The minimum Gasteiger partial charge on any atom is -0.459 e. The van der Waals surface area contributed by atoms with Crippen molar-refractivity contribution in [3.8, 4) is 0 Å². The zero-order valence-corrected chi connectivity index (χ0v) is 17.4. The van der Waals surface area contributed by atoms with Crippen molar-refractivity contribution in [3.05, 3.63) is 105 Å². The highest BCUT2D eigenvalue weighted by Gasteiger charge is 2.62. The molecule has 2 heterocycles. The molecule has 2 aromatic carbocycles.